The smallest absolute Gasteiger partial charge is 0.243 e. The first-order valence-corrected chi connectivity index (χ1v) is 15.1. The van der Waals surface area contributed by atoms with Crippen LogP contribution in [-0.2, 0) is 21.2 Å². The Labute approximate surface area is 216 Å². The van der Waals surface area contributed by atoms with E-state index in [1.807, 2.05) is 6.07 Å². The molecule has 2 aromatic carbocycles. The van der Waals surface area contributed by atoms with E-state index in [0.29, 0.717) is 35.9 Å². The Hall–Kier alpha value is -2.22. The fraction of sp³-hybridized carbons (Fsp3) is 0.552. The average molecular weight is 510 g/mol. The Kier molecular flexibility index (Phi) is 8.09. The van der Waals surface area contributed by atoms with E-state index in [4.69, 9.17) is 0 Å². The highest BCUT2D eigenvalue weighted by atomic mass is 32.2. The zero-order chi connectivity index (χ0) is 25.0. The SMILES string of the molecule is O=C(C1CCN(C2CCN(S(=O)(=O)c3ccccc3)CC2)CC1)N1CCC(Cc2ccccc2)CC1. The summed E-state index contributed by atoms with van der Waals surface area (Å²) in [6, 6.07) is 19.8. The van der Waals surface area contributed by atoms with Gasteiger partial charge < -0.3 is 9.80 Å². The van der Waals surface area contributed by atoms with Crippen LogP contribution in [0, 0.1) is 11.8 Å². The van der Waals surface area contributed by atoms with Crippen LogP contribution in [-0.4, -0.2) is 73.7 Å². The molecule has 0 saturated carbocycles. The fourth-order valence-electron chi connectivity index (χ4n) is 6.26. The monoisotopic (exact) mass is 509 g/mol. The van der Waals surface area contributed by atoms with Crippen LogP contribution in [0.25, 0.3) is 0 Å². The highest BCUT2D eigenvalue weighted by Crippen LogP contribution is 2.29. The Balaban J connectivity index is 1.05. The largest absolute Gasteiger partial charge is 0.342 e. The molecule has 5 rings (SSSR count). The number of piperidine rings is 3. The number of sulfonamides is 1. The van der Waals surface area contributed by atoms with Crippen molar-refractivity contribution in [1.82, 2.24) is 14.1 Å². The molecule has 3 fully saturated rings. The highest BCUT2D eigenvalue weighted by molar-refractivity contribution is 7.89. The number of benzene rings is 2. The van der Waals surface area contributed by atoms with Crippen molar-refractivity contribution in [2.24, 2.45) is 11.8 Å². The summed E-state index contributed by atoms with van der Waals surface area (Å²) >= 11 is 0. The lowest BCUT2D eigenvalue weighted by Crippen LogP contribution is -2.51. The van der Waals surface area contributed by atoms with Crippen molar-refractivity contribution >= 4 is 15.9 Å². The number of amides is 1. The van der Waals surface area contributed by atoms with Crippen molar-refractivity contribution in [3.8, 4) is 0 Å². The summed E-state index contributed by atoms with van der Waals surface area (Å²) in [4.78, 5) is 18.2. The van der Waals surface area contributed by atoms with Gasteiger partial charge in [0.1, 0.15) is 0 Å². The minimum absolute atomic E-state index is 0.144. The van der Waals surface area contributed by atoms with Gasteiger partial charge in [0.25, 0.3) is 0 Å². The van der Waals surface area contributed by atoms with Gasteiger partial charge in [-0.2, -0.15) is 4.31 Å². The van der Waals surface area contributed by atoms with Crippen molar-refractivity contribution < 1.29 is 13.2 Å². The molecule has 0 radical (unpaired) electrons. The molecule has 6 nitrogen and oxygen atoms in total. The molecule has 0 atom stereocenters. The van der Waals surface area contributed by atoms with Crippen LogP contribution in [0.5, 0.6) is 0 Å². The molecule has 0 unspecified atom stereocenters. The van der Waals surface area contributed by atoms with E-state index in [1.165, 1.54) is 5.56 Å². The predicted molar refractivity (Wildman–Crippen MR) is 142 cm³/mol. The predicted octanol–water partition coefficient (Wildman–Crippen LogP) is 4.03. The van der Waals surface area contributed by atoms with E-state index in [9.17, 15) is 13.2 Å². The summed E-state index contributed by atoms with van der Waals surface area (Å²) in [5, 5.41) is 0. The first-order chi connectivity index (χ1) is 17.5. The van der Waals surface area contributed by atoms with E-state index in [0.717, 1.165) is 71.1 Å². The maximum Gasteiger partial charge on any atom is 0.243 e. The first kappa shape index (κ1) is 25.4. The summed E-state index contributed by atoms with van der Waals surface area (Å²) in [5.41, 5.74) is 1.40. The number of likely N-dealkylation sites (tertiary alicyclic amines) is 2. The summed E-state index contributed by atoms with van der Waals surface area (Å²) < 4.78 is 27.5. The molecule has 1 amide bonds. The molecule has 0 N–H and O–H groups in total. The summed E-state index contributed by atoms with van der Waals surface area (Å²) in [6.07, 6.45) is 6.89. The molecule has 3 aliphatic heterocycles. The van der Waals surface area contributed by atoms with Gasteiger partial charge in [0.15, 0.2) is 0 Å². The first-order valence-electron chi connectivity index (χ1n) is 13.6. The summed E-state index contributed by atoms with van der Waals surface area (Å²) in [7, 11) is -3.41. The highest BCUT2D eigenvalue weighted by Gasteiger charge is 2.35. The molecule has 3 aliphatic rings. The average Bonchev–Trinajstić information content (AvgIpc) is 2.94. The maximum atomic E-state index is 13.2. The number of hydrogen-bond donors (Lipinski definition) is 0. The lowest BCUT2D eigenvalue weighted by molar-refractivity contribution is -0.138. The van der Waals surface area contributed by atoms with Crippen LogP contribution in [0.4, 0.5) is 0 Å². The zero-order valence-corrected chi connectivity index (χ0v) is 22.0. The van der Waals surface area contributed by atoms with Gasteiger partial charge >= 0.3 is 0 Å². The number of carbonyl (C=O) groups excluding carboxylic acids is 1. The van der Waals surface area contributed by atoms with Crippen molar-refractivity contribution in [2.45, 2.75) is 55.9 Å². The van der Waals surface area contributed by atoms with Crippen molar-refractivity contribution in [3.05, 3.63) is 66.2 Å². The van der Waals surface area contributed by atoms with E-state index >= 15 is 0 Å². The lowest BCUT2D eigenvalue weighted by atomic mass is 9.88. The van der Waals surface area contributed by atoms with Crippen LogP contribution in [0.15, 0.2) is 65.6 Å². The molecule has 3 saturated heterocycles. The second-order valence-corrected chi connectivity index (χ2v) is 12.7. The number of nitrogens with zero attached hydrogens (tertiary/aromatic N) is 3. The second-order valence-electron chi connectivity index (χ2n) is 10.7. The number of carbonyl (C=O) groups is 1. The minimum atomic E-state index is -3.41. The molecule has 3 heterocycles. The second kappa shape index (κ2) is 11.4. The van der Waals surface area contributed by atoms with Gasteiger partial charge in [-0.05, 0) is 81.6 Å². The van der Waals surface area contributed by atoms with Crippen LogP contribution >= 0.6 is 0 Å². The molecular formula is C29H39N3O3S. The lowest BCUT2D eigenvalue weighted by Gasteiger charge is -2.42. The van der Waals surface area contributed by atoms with E-state index in [1.54, 1.807) is 28.6 Å². The molecule has 7 heteroatoms. The molecular weight excluding hydrogens is 470 g/mol. The Bertz CT molecular complexity index is 1090. The normalized spacial score (nSPS) is 22.1. The van der Waals surface area contributed by atoms with E-state index in [-0.39, 0.29) is 5.92 Å². The molecule has 0 bridgehead atoms. The third kappa shape index (κ3) is 5.84. The van der Waals surface area contributed by atoms with Crippen molar-refractivity contribution in [3.63, 3.8) is 0 Å². The summed E-state index contributed by atoms with van der Waals surface area (Å²) in [5.74, 6) is 1.18. The van der Waals surface area contributed by atoms with Crippen molar-refractivity contribution in [1.29, 1.82) is 0 Å². The summed E-state index contributed by atoms with van der Waals surface area (Å²) in [6.45, 7) is 4.81. The van der Waals surface area contributed by atoms with E-state index in [2.05, 4.69) is 40.1 Å². The quantitative estimate of drug-likeness (QED) is 0.590. The fourth-order valence-corrected chi connectivity index (χ4v) is 7.75. The Morgan fingerprint density at radius 1 is 0.722 bits per heavy atom. The van der Waals surface area contributed by atoms with Gasteiger partial charge in [-0.1, -0.05) is 48.5 Å². The Morgan fingerprint density at radius 2 is 1.31 bits per heavy atom. The molecule has 0 spiro atoms. The number of rotatable bonds is 6. The zero-order valence-electron chi connectivity index (χ0n) is 21.2. The minimum Gasteiger partial charge on any atom is -0.342 e. The molecule has 0 aromatic heterocycles. The topological polar surface area (TPSA) is 60.9 Å². The van der Waals surface area contributed by atoms with Gasteiger partial charge in [0.2, 0.25) is 15.9 Å². The van der Waals surface area contributed by atoms with E-state index < -0.39 is 10.0 Å². The number of hydrogen-bond acceptors (Lipinski definition) is 4. The van der Waals surface area contributed by atoms with Gasteiger partial charge in [-0.15, -0.1) is 0 Å². The van der Waals surface area contributed by atoms with Gasteiger partial charge in [-0.25, -0.2) is 8.42 Å². The standard InChI is InChI=1S/C29H39N3O3S/c33-29(31-17-11-25(12-18-31)23-24-7-3-1-4-8-24)26-13-19-30(20-14-26)27-15-21-32(22-16-27)36(34,35)28-9-5-2-6-10-28/h1-10,25-27H,11-23H2. The third-order valence-electron chi connectivity index (χ3n) is 8.49. The van der Waals surface area contributed by atoms with Gasteiger partial charge in [0, 0.05) is 38.1 Å². The molecule has 36 heavy (non-hydrogen) atoms. The third-order valence-corrected chi connectivity index (χ3v) is 10.4. The maximum absolute atomic E-state index is 13.2. The molecule has 0 aliphatic carbocycles. The van der Waals surface area contributed by atoms with Crippen molar-refractivity contribution in [2.75, 3.05) is 39.3 Å². The van der Waals surface area contributed by atoms with Crippen LogP contribution < -0.4 is 0 Å². The molecule has 2 aromatic rings. The van der Waals surface area contributed by atoms with Crippen LogP contribution in [0.1, 0.15) is 44.1 Å². The molecule has 194 valence electrons. The van der Waals surface area contributed by atoms with Gasteiger partial charge in [0.05, 0.1) is 4.90 Å². The van der Waals surface area contributed by atoms with Crippen LogP contribution in [0.2, 0.25) is 0 Å². The van der Waals surface area contributed by atoms with Gasteiger partial charge in [-0.3, -0.25) is 4.79 Å². The van der Waals surface area contributed by atoms with Crippen LogP contribution in [0.3, 0.4) is 0 Å². The Morgan fingerprint density at radius 3 is 1.92 bits per heavy atom.